The van der Waals surface area contributed by atoms with E-state index in [1.54, 1.807) is 25.3 Å². The van der Waals surface area contributed by atoms with Gasteiger partial charge < -0.3 is 9.64 Å². The van der Waals surface area contributed by atoms with Gasteiger partial charge in [-0.3, -0.25) is 19.3 Å². The quantitative estimate of drug-likeness (QED) is 0.627. The molecule has 2 heterocycles. The molecular weight excluding hydrogens is 416 g/mol. The summed E-state index contributed by atoms with van der Waals surface area (Å²) < 4.78 is 5.29. The molecule has 0 aromatic heterocycles. The predicted molar refractivity (Wildman–Crippen MR) is 118 cm³/mol. The molecule has 0 N–H and O–H groups in total. The third-order valence-corrected chi connectivity index (χ3v) is 7.49. The van der Waals surface area contributed by atoms with Crippen molar-refractivity contribution in [3.63, 3.8) is 0 Å². The number of hydrogen-bond acceptors (Lipinski definition) is 4. The van der Waals surface area contributed by atoms with E-state index in [1.165, 1.54) is 4.90 Å². The number of piperidine rings is 1. The van der Waals surface area contributed by atoms with Gasteiger partial charge in [-0.15, -0.1) is 0 Å². The lowest BCUT2D eigenvalue weighted by molar-refractivity contribution is -0.145. The number of likely N-dealkylation sites (tertiary alicyclic amines) is 2. The molecule has 3 aliphatic rings. The highest BCUT2D eigenvalue weighted by Gasteiger charge is 2.56. The van der Waals surface area contributed by atoms with Crippen molar-refractivity contribution >= 4 is 29.3 Å². The molecule has 6 nitrogen and oxygen atoms in total. The molecule has 7 heteroatoms. The summed E-state index contributed by atoms with van der Waals surface area (Å²) in [6.07, 6.45) is 5.66. The molecule has 2 saturated heterocycles. The van der Waals surface area contributed by atoms with Crippen LogP contribution in [0.2, 0.25) is 5.02 Å². The number of methoxy groups -OCH3 is 1. The number of nitrogens with zero attached hydrogens (tertiary/aromatic N) is 2. The molecule has 3 fully saturated rings. The van der Waals surface area contributed by atoms with Crippen LogP contribution in [-0.4, -0.2) is 60.4 Å². The smallest absolute Gasteiger partial charge is 0.241 e. The molecule has 2 aliphatic heterocycles. The molecule has 2 unspecified atom stereocenters. The van der Waals surface area contributed by atoms with E-state index in [-0.39, 0.29) is 36.6 Å². The van der Waals surface area contributed by atoms with Gasteiger partial charge in [-0.2, -0.15) is 0 Å². The Morgan fingerprint density at radius 1 is 1.16 bits per heavy atom. The molecule has 168 valence electrons. The Morgan fingerprint density at radius 2 is 1.90 bits per heavy atom. The van der Waals surface area contributed by atoms with Crippen molar-refractivity contribution in [3.8, 4) is 0 Å². The fourth-order valence-corrected chi connectivity index (χ4v) is 5.94. The van der Waals surface area contributed by atoms with Gasteiger partial charge >= 0.3 is 0 Å². The van der Waals surface area contributed by atoms with E-state index in [0.29, 0.717) is 36.2 Å². The summed E-state index contributed by atoms with van der Waals surface area (Å²) in [4.78, 5) is 43.6. The van der Waals surface area contributed by atoms with Crippen LogP contribution in [0.25, 0.3) is 0 Å². The third-order valence-electron chi connectivity index (χ3n) is 7.16. The number of hydrogen-bond donors (Lipinski definition) is 0. The van der Waals surface area contributed by atoms with Crippen molar-refractivity contribution < 1.29 is 19.1 Å². The lowest BCUT2D eigenvalue weighted by Crippen LogP contribution is -2.48. The van der Waals surface area contributed by atoms with Crippen LogP contribution in [-0.2, 0) is 24.5 Å². The topological polar surface area (TPSA) is 66.9 Å². The number of amides is 3. The minimum absolute atomic E-state index is 0.00709. The predicted octanol–water partition coefficient (Wildman–Crippen LogP) is 3.55. The van der Waals surface area contributed by atoms with E-state index < -0.39 is 5.41 Å². The Labute approximate surface area is 188 Å². The number of rotatable bonds is 6. The van der Waals surface area contributed by atoms with Crippen molar-refractivity contribution in [1.82, 2.24) is 9.80 Å². The summed E-state index contributed by atoms with van der Waals surface area (Å²) in [5, 5.41) is 0.431. The Balaban J connectivity index is 1.64. The molecule has 1 aliphatic carbocycles. The number of halogens is 1. The van der Waals surface area contributed by atoms with Crippen LogP contribution in [0.3, 0.4) is 0 Å². The van der Waals surface area contributed by atoms with Gasteiger partial charge in [-0.25, -0.2) is 0 Å². The highest BCUT2D eigenvalue weighted by atomic mass is 35.5. The average Bonchev–Trinajstić information content (AvgIpc) is 3.35. The maximum absolute atomic E-state index is 13.8. The lowest BCUT2D eigenvalue weighted by Gasteiger charge is -2.36. The number of benzene rings is 1. The van der Waals surface area contributed by atoms with E-state index in [4.69, 9.17) is 16.3 Å². The number of carbonyl (C=O) groups is 3. The minimum atomic E-state index is -1.22. The molecule has 0 spiro atoms. The van der Waals surface area contributed by atoms with Gasteiger partial charge in [0.05, 0.1) is 12.0 Å². The highest BCUT2D eigenvalue weighted by Crippen LogP contribution is 2.45. The summed E-state index contributed by atoms with van der Waals surface area (Å²) in [5.41, 5.74) is -0.627. The van der Waals surface area contributed by atoms with Crippen molar-refractivity contribution in [1.29, 1.82) is 0 Å². The Kier molecular flexibility index (Phi) is 6.68. The van der Waals surface area contributed by atoms with Crippen LogP contribution >= 0.6 is 11.6 Å². The summed E-state index contributed by atoms with van der Waals surface area (Å²) >= 11 is 6.52. The van der Waals surface area contributed by atoms with Crippen LogP contribution in [0.4, 0.5) is 0 Å². The molecule has 2 atom stereocenters. The molecule has 31 heavy (non-hydrogen) atoms. The third kappa shape index (κ3) is 4.24. The van der Waals surface area contributed by atoms with Crippen molar-refractivity contribution in [2.75, 3.05) is 26.8 Å². The summed E-state index contributed by atoms with van der Waals surface area (Å²) in [5.74, 6) is -0.221. The van der Waals surface area contributed by atoms with Gasteiger partial charge in [0.1, 0.15) is 0 Å². The van der Waals surface area contributed by atoms with Crippen LogP contribution < -0.4 is 0 Å². The van der Waals surface area contributed by atoms with E-state index in [1.807, 2.05) is 11.0 Å². The maximum atomic E-state index is 13.8. The Hall–Kier alpha value is -1.92. The molecule has 4 rings (SSSR count). The van der Waals surface area contributed by atoms with E-state index in [0.717, 1.165) is 38.5 Å². The first-order chi connectivity index (χ1) is 15.0. The van der Waals surface area contributed by atoms with Crippen LogP contribution in [0, 0.1) is 5.92 Å². The van der Waals surface area contributed by atoms with Gasteiger partial charge in [-0.1, -0.05) is 42.6 Å². The fraction of sp³-hybridized carbons (Fsp3) is 0.625. The lowest BCUT2D eigenvalue weighted by atomic mass is 9.75. The first-order valence-electron chi connectivity index (χ1n) is 11.3. The van der Waals surface area contributed by atoms with Crippen molar-refractivity contribution in [2.24, 2.45) is 5.92 Å². The Bertz CT molecular complexity index is 852. The van der Waals surface area contributed by atoms with E-state index in [9.17, 15) is 14.4 Å². The number of ether oxygens (including phenoxy) is 1. The molecule has 3 amide bonds. The zero-order valence-corrected chi connectivity index (χ0v) is 18.9. The van der Waals surface area contributed by atoms with E-state index in [2.05, 4.69) is 0 Å². The minimum Gasteiger partial charge on any atom is -0.384 e. The summed E-state index contributed by atoms with van der Waals surface area (Å²) in [7, 11) is 1.67. The normalized spacial score (nSPS) is 27.4. The zero-order chi connectivity index (χ0) is 22.0. The molecule has 0 radical (unpaired) electrons. The first kappa shape index (κ1) is 22.3. The van der Waals surface area contributed by atoms with E-state index >= 15 is 0 Å². The molecular formula is C24H31ClN2O4. The average molecular weight is 447 g/mol. The highest BCUT2D eigenvalue weighted by molar-refractivity contribution is 6.32. The standard InChI is InChI=1S/C24H31ClN2O4/c1-31-16-17-7-6-12-26(15-17)21(28)13-24(19-10-4-5-11-20(19)25)14-22(29)27(23(24)30)18-8-2-3-9-18/h4-5,10-11,17-18H,2-3,6-9,12-16H2,1H3. The monoisotopic (exact) mass is 446 g/mol. The zero-order valence-electron chi connectivity index (χ0n) is 18.1. The van der Waals surface area contributed by atoms with Crippen molar-refractivity contribution in [3.05, 3.63) is 34.9 Å². The van der Waals surface area contributed by atoms with Gasteiger partial charge in [0.2, 0.25) is 17.7 Å². The first-order valence-corrected chi connectivity index (χ1v) is 11.7. The van der Waals surface area contributed by atoms with Gasteiger partial charge in [0.15, 0.2) is 0 Å². The summed E-state index contributed by atoms with van der Waals surface area (Å²) in [6, 6.07) is 7.09. The molecule has 0 bridgehead atoms. The van der Waals surface area contributed by atoms with Crippen LogP contribution in [0.5, 0.6) is 0 Å². The number of carbonyl (C=O) groups excluding carboxylic acids is 3. The fourth-order valence-electron chi connectivity index (χ4n) is 5.62. The van der Waals surface area contributed by atoms with Gasteiger partial charge in [0, 0.05) is 44.1 Å². The van der Waals surface area contributed by atoms with Gasteiger partial charge in [0.25, 0.3) is 0 Å². The Morgan fingerprint density at radius 3 is 2.61 bits per heavy atom. The largest absolute Gasteiger partial charge is 0.384 e. The second-order valence-electron chi connectivity index (χ2n) is 9.23. The van der Waals surface area contributed by atoms with Crippen LogP contribution in [0.1, 0.15) is 56.9 Å². The van der Waals surface area contributed by atoms with Crippen LogP contribution in [0.15, 0.2) is 24.3 Å². The molecule has 1 aromatic rings. The SMILES string of the molecule is COCC1CCCN(C(=O)CC2(c3ccccc3Cl)CC(=O)N(C3CCCC3)C2=O)C1. The second-order valence-corrected chi connectivity index (χ2v) is 9.63. The maximum Gasteiger partial charge on any atom is 0.241 e. The van der Waals surface area contributed by atoms with Gasteiger partial charge in [-0.05, 0) is 43.2 Å². The molecule has 1 aromatic carbocycles. The second kappa shape index (κ2) is 9.29. The van der Waals surface area contributed by atoms with Crippen molar-refractivity contribution in [2.45, 2.75) is 62.8 Å². The number of imide groups is 1. The molecule has 1 saturated carbocycles. The summed E-state index contributed by atoms with van der Waals surface area (Å²) in [6.45, 7) is 1.91.